The van der Waals surface area contributed by atoms with Gasteiger partial charge in [0.15, 0.2) is 0 Å². The molecule has 0 aliphatic rings. The summed E-state index contributed by atoms with van der Waals surface area (Å²) in [4.78, 5) is 17.2. The molecule has 0 saturated carbocycles. The van der Waals surface area contributed by atoms with Gasteiger partial charge in [0, 0.05) is 0 Å². The summed E-state index contributed by atoms with van der Waals surface area (Å²) < 4.78 is 0. The fraction of sp³-hybridized carbons (Fsp3) is 0. The van der Waals surface area contributed by atoms with Crippen molar-refractivity contribution in [2.24, 2.45) is 5.73 Å². The Balaban J connectivity index is 0. The number of halogens is 1. The highest BCUT2D eigenvalue weighted by atomic mass is 35.5. The first kappa shape index (κ1) is 13.3. The zero-order valence-electron chi connectivity index (χ0n) is 6.39. The molecule has 0 heterocycles. The van der Waals surface area contributed by atoms with Gasteiger partial charge < -0.3 is 5.73 Å². The molecule has 0 aliphatic heterocycles. The molecule has 1 rings (SSSR count). The van der Waals surface area contributed by atoms with E-state index in [0.717, 1.165) is 0 Å². The molecular formula is C8H10ClNO2. The van der Waals surface area contributed by atoms with Crippen molar-refractivity contribution in [3.05, 3.63) is 36.4 Å². The Hall–Kier alpha value is -1.35. The second-order valence-electron chi connectivity index (χ2n) is 1.38. The third kappa shape index (κ3) is 23.4. The van der Waals surface area contributed by atoms with Crippen LogP contribution >= 0.6 is 11.6 Å². The topological polar surface area (TPSA) is 60.2 Å². The lowest BCUT2D eigenvalue weighted by molar-refractivity contribution is -0.106. The molecule has 1 aromatic rings. The van der Waals surface area contributed by atoms with Crippen molar-refractivity contribution >= 4 is 23.8 Å². The lowest BCUT2D eigenvalue weighted by Crippen LogP contribution is -1.82. The molecule has 0 radical (unpaired) electrons. The number of carbonyl (C=O) groups excluding carboxylic acids is 2. The molecule has 2 N–H and O–H groups in total. The maximum Gasteiger partial charge on any atom is 0.208 e. The van der Waals surface area contributed by atoms with Crippen molar-refractivity contribution in [1.82, 2.24) is 0 Å². The minimum Gasteiger partial charge on any atom is -0.372 e. The number of carbonyl (C=O) groups is 2. The Morgan fingerprint density at radius 2 is 1.00 bits per heavy atom. The summed E-state index contributed by atoms with van der Waals surface area (Å²) in [6.45, 7) is 0. The normalized spacial score (nSPS) is 6.08. The van der Waals surface area contributed by atoms with Gasteiger partial charge in [0.05, 0.1) is 0 Å². The summed E-state index contributed by atoms with van der Waals surface area (Å²) in [5.41, 5.74) is 4.17. The van der Waals surface area contributed by atoms with Crippen LogP contribution in [-0.4, -0.2) is 12.2 Å². The Kier molecular flexibility index (Phi) is 18.0. The van der Waals surface area contributed by atoms with Crippen LogP contribution in [0.2, 0.25) is 0 Å². The summed E-state index contributed by atoms with van der Waals surface area (Å²) in [5.74, 6) is 0.222. The van der Waals surface area contributed by atoms with Crippen molar-refractivity contribution < 1.29 is 9.59 Å². The van der Waals surface area contributed by atoms with Gasteiger partial charge in [-0.3, -0.25) is 9.59 Å². The third-order valence-electron chi connectivity index (χ3n) is 0.667. The fourth-order valence-electron chi connectivity index (χ4n) is 0.385. The zero-order chi connectivity index (χ0) is 9.66. The van der Waals surface area contributed by atoms with Gasteiger partial charge in [-0.25, -0.2) is 0 Å². The first-order chi connectivity index (χ1) is 5.83. The highest BCUT2D eigenvalue weighted by Crippen LogP contribution is 1.79. The summed E-state index contributed by atoms with van der Waals surface area (Å²) in [6, 6.07) is 12.0. The van der Waals surface area contributed by atoms with Gasteiger partial charge in [-0.2, -0.15) is 0 Å². The molecule has 0 aliphatic carbocycles. The van der Waals surface area contributed by atoms with Crippen LogP contribution in [0.3, 0.4) is 0 Å². The quantitative estimate of drug-likeness (QED) is 0.490. The predicted octanol–water partition coefficient (Wildman–Crippen LogP) is 1.20. The van der Waals surface area contributed by atoms with Crippen molar-refractivity contribution in [2.75, 3.05) is 0 Å². The molecular weight excluding hydrogens is 178 g/mol. The molecule has 4 heteroatoms. The number of benzene rings is 1. The van der Waals surface area contributed by atoms with Crippen LogP contribution in [0.5, 0.6) is 0 Å². The Morgan fingerprint density at radius 3 is 1.08 bits per heavy atom. The van der Waals surface area contributed by atoms with Crippen LogP contribution < -0.4 is 5.73 Å². The van der Waals surface area contributed by atoms with Gasteiger partial charge in [-0.1, -0.05) is 36.4 Å². The molecule has 0 atom stereocenters. The highest BCUT2D eigenvalue weighted by Gasteiger charge is 1.57. The number of hydrogen-bond donors (Lipinski definition) is 1. The van der Waals surface area contributed by atoms with E-state index in [-0.39, 0.29) is 12.2 Å². The SMILES string of the molecule is NC=O.O=CCl.c1ccccc1. The Morgan fingerprint density at radius 1 is 0.917 bits per heavy atom. The van der Waals surface area contributed by atoms with Crippen LogP contribution in [0.1, 0.15) is 0 Å². The average molecular weight is 188 g/mol. The van der Waals surface area contributed by atoms with Crippen LogP contribution in [0.15, 0.2) is 36.4 Å². The number of amides is 1. The lowest BCUT2D eigenvalue weighted by Gasteiger charge is -1.69. The molecule has 0 spiro atoms. The summed E-state index contributed by atoms with van der Waals surface area (Å²) in [7, 11) is 0. The maximum atomic E-state index is 8.58. The first-order valence-electron chi connectivity index (χ1n) is 3.02. The van der Waals surface area contributed by atoms with E-state index in [1.807, 2.05) is 36.4 Å². The van der Waals surface area contributed by atoms with Crippen LogP contribution in [0, 0.1) is 0 Å². The summed E-state index contributed by atoms with van der Waals surface area (Å²) in [5, 5.41) is 0. The van der Waals surface area contributed by atoms with Crippen LogP contribution in [0.25, 0.3) is 0 Å². The van der Waals surface area contributed by atoms with E-state index in [1.54, 1.807) is 0 Å². The largest absolute Gasteiger partial charge is 0.372 e. The van der Waals surface area contributed by atoms with Crippen molar-refractivity contribution in [3.8, 4) is 0 Å². The second kappa shape index (κ2) is 16.3. The Labute approximate surface area is 76.1 Å². The van der Waals surface area contributed by atoms with Gasteiger partial charge in [0.2, 0.25) is 12.2 Å². The predicted molar refractivity (Wildman–Crippen MR) is 49.3 cm³/mol. The van der Waals surface area contributed by atoms with Crippen molar-refractivity contribution in [2.45, 2.75) is 0 Å². The smallest absolute Gasteiger partial charge is 0.208 e. The first-order valence-corrected chi connectivity index (χ1v) is 3.46. The van der Waals surface area contributed by atoms with Gasteiger partial charge in [-0.05, 0) is 11.6 Å². The monoisotopic (exact) mass is 187 g/mol. The number of rotatable bonds is 0. The highest BCUT2D eigenvalue weighted by molar-refractivity contribution is 6.54. The molecule has 3 nitrogen and oxygen atoms in total. The molecule has 0 aromatic heterocycles. The van der Waals surface area contributed by atoms with Crippen molar-refractivity contribution in [1.29, 1.82) is 0 Å². The molecule has 12 heavy (non-hydrogen) atoms. The minimum atomic E-state index is 0.222. The average Bonchev–Trinajstić information content (AvgIpc) is 2.10. The number of nitrogens with two attached hydrogens (primary N) is 1. The summed E-state index contributed by atoms with van der Waals surface area (Å²) in [6.07, 6.45) is 0.250. The fourth-order valence-corrected chi connectivity index (χ4v) is 0.385. The van der Waals surface area contributed by atoms with Gasteiger partial charge in [0.1, 0.15) is 0 Å². The maximum absolute atomic E-state index is 8.58. The van der Waals surface area contributed by atoms with E-state index in [2.05, 4.69) is 17.3 Å². The molecule has 1 aromatic carbocycles. The lowest BCUT2D eigenvalue weighted by atomic mass is 10.4. The van der Waals surface area contributed by atoms with E-state index in [4.69, 9.17) is 9.59 Å². The van der Waals surface area contributed by atoms with Gasteiger partial charge in [-0.15, -0.1) is 0 Å². The minimum absolute atomic E-state index is 0.222. The van der Waals surface area contributed by atoms with E-state index < -0.39 is 0 Å². The molecule has 0 unspecified atom stereocenters. The molecule has 1 amide bonds. The van der Waals surface area contributed by atoms with E-state index >= 15 is 0 Å². The van der Waals surface area contributed by atoms with E-state index in [1.165, 1.54) is 0 Å². The Bertz CT molecular complexity index is 147. The standard InChI is InChI=1S/C6H6.CHClO.CH3NO/c1-2-4-6-5-3-1;2*2-1-3/h1-6H;1H;1H,(H2,2,3). The molecule has 66 valence electrons. The van der Waals surface area contributed by atoms with E-state index in [9.17, 15) is 0 Å². The molecule has 0 saturated heterocycles. The zero-order valence-corrected chi connectivity index (χ0v) is 7.15. The van der Waals surface area contributed by atoms with E-state index in [0.29, 0.717) is 0 Å². The van der Waals surface area contributed by atoms with Crippen LogP contribution in [-0.2, 0) is 9.59 Å². The number of primary amides is 1. The second-order valence-corrected chi connectivity index (χ2v) is 1.56. The van der Waals surface area contributed by atoms with Crippen molar-refractivity contribution in [3.63, 3.8) is 0 Å². The number of hydrogen-bond acceptors (Lipinski definition) is 2. The van der Waals surface area contributed by atoms with Gasteiger partial charge >= 0.3 is 0 Å². The molecule has 0 bridgehead atoms. The summed E-state index contributed by atoms with van der Waals surface area (Å²) >= 11 is 4.32. The van der Waals surface area contributed by atoms with Gasteiger partial charge in [0.25, 0.3) is 0 Å². The third-order valence-corrected chi connectivity index (χ3v) is 0.667. The molecule has 0 fully saturated rings. The van der Waals surface area contributed by atoms with Crippen LogP contribution in [0.4, 0.5) is 0 Å².